The first-order valence-corrected chi connectivity index (χ1v) is 8.15. The van der Waals surface area contributed by atoms with Crippen molar-refractivity contribution in [1.29, 1.82) is 0 Å². The van der Waals surface area contributed by atoms with Gasteiger partial charge in [-0.1, -0.05) is 0 Å². The van der Waals surface area contributed by atoms with Gasteiger partial charge in [-0.25, -0.2) is 4.98 Å². The smallest absolute Gasteiger partial charge is 0.289 e. The first-order chi connectivity index (χ1) is 11.6. The normalized spacial score (nSPS) is 14.8. The van der Waals surface area contributed by atoms with Crippen LogP contribution in [0.1, 0.15) is 28.7 Å². The number of hydrogen-bond acceptors (Lipinski definition) is 6. The number of carbonyl (C=O) groups is 1. The van der Waals surface area contributed by atoms with Gasteiger partial charge in [-0.15, -0.1) is 0 Å². The minimum absolute atomic E-state index is 0.0580. The van der Waals surface area contributed by atoms with Crippen molar-refractivity contribution in [3.63, 3.8) is 0 Å². The third kappa shape index (κ3) is 3.34. The molecule has 3 heterocycles. The molecule has 7 heteroatoms. The second kappa shape index (κ2) is 6.90. The molecule has 128 valence electrons. The van der Waals surface area contributed by atoms with E-state index in [0.29, 0.717) is 50.4 Å². The summed E-state index contributed by atoms with van der Waals surface area (Å²) in [7, 11) is 0. The maximum atomic E-state index is 12.5. The number of anilines is 1. The van der Waals surface area contributed by atoms with Crippen molar-refractivity contribution in [2.24, 2.45) is 0 Å². The lowest BCUT2D eigenvalue weighted by atomic mass is 10.2. The Bertz CT molecular complexity index is 720. The second-order valence-electron chi connectivity index (χ2n) is 5.79. The first-order valence-electron chi connectivity index (χ1n) is 8.15. The zero-order chi connectivity index (χ0) is 17.1. The van der Waals surface area contributed by atoms with E-state index in [4.69, 9.17) is 9.15 Å². The predicted octanol–water partition coefficient (Wildman–Crippen LogP) is 2.05. The van der Waals surface area contributed by atoms with Crippen molar-refractivity contribution >= 4 is 11.9 Å². The highest BCUT2D eigenvalue weighted by Gasteiger charge is 2.26. The molecule has 1 aliphatic heterocycles. The highest BCUT2D eigenvalue weighted by atomic mass is 16.5. The van der Waals surface area contributed by atoms with E-state index in [-0.39, 0.29) is 5.91 Å². The van der Waals surface area contributed by atoms with Gasteiger partial charge in [0.2, 0.25) is 11.8 Å². The predicted molar refractivity (Wildman–Crippen MR) is 89.5 cm³/mol. The summed E-state index contributed by atoms with van der Waals surface area (Å²) in [6, 6.07) is 3.63. The van der Waals surface area contributed by atoms with E-state index in [9.17, 15) is 4.79 Å². The number of carbonyl (C=O) groups excluding carboxylic acids is 1. The molecule has 0 bridgehead atoms. The van der Waals surface area contributed by atoms with Gasteiger partial charge in [-0.2, -0.15) is 4.98 Å². The van der Waals surface area contributed by atoms with Crippen LogP contribution >= 0.6 is 0 Å². The summed E-state index contributed by atoms with van der Waals surface area (Å²) in [4.78, 5) is 25.3. The van der Waals surface area contributed by atoms with Crippen molar-refractivity contribution < 1.29 is 13.9 Å². The molecule has 24 heavy (non-hydrogen) atoms. The molecule has 7 nitrogen and oxygen atoms in total. The monoisotopic (exact) mass is 330 g/mol. The number of hydrogen-bond donors (Lipinski definition) is 0. The van der Waals surface area contributed by atoms with Crippen LogP contribution in [0.3, 0.4) is 0 Å². The highest BCUT2D eigenvalue weighted by molar-refractivity contribution is 5.93. The number of furan rings is 1. The van der Waals surface area contributed by atoms with Crippen LogP contribution in [0.4, 0.5) is 5.95 Å². The Labute approximate surface area is 141 Å². The molecule has 0 spiro atoms. The Morgan fingerprint density at radius 2 is 2.00 bits per heavy atom. The maximum Gasteiger partial charge on any atom is 0.289 e. The minimum Gasteiger partial charge on any atom is -0.478 e. The van der Waals surface area contributed by atoms with Crippen LogP contribution in [0.15, 0.2) is 22.8 Å². The summed E-state index contributed by atoms with van der Waals surface area (Å²) < 4.78 is 10.8. The second-order valence-corrected chi connectivity index (χ2v) is 5.79. The van der Waals surface area contributed by atoms with Crippen LogP contribution in [0.25, 0.3) is 0 Å². The van der Waals surface area contributed by atoms with E-state index in [1.165, 1.54) is 0 Å². The first kappa shape index (κ1) is 16.3. The Morgan fingerprint density at radius 3 is 2.62 bits per heavy atom. The number of aromatic nitrogens is 2. The number of aryl methyl sites for hydroxylation is 2. The van der Waals surface area contributed by atoms with Gasteiger partial charge in [0, 0.05) is 43.5 Å². The number of amides is 1. The fourth-order valence-corrected chi connectivity index (χ4v) is 2.73. The fourth-order valence-electron chi connectivity index (χ4n) is 2.73. The molecule has 0 unspecified atom stereocenters. The molecule has 1 amide bonds. The number of ether oxygens (including phenoxy) is 1. The van der Waals surface area contributed by atoms with E-state index in [1.54, 1.807) is 12.3 Å². The van der Waals surface area contributed by atoms with Crippen LogP contribution in [-0.4, -0.2) is 53.6 Å². The van der Waals surface area contributed by atoms with Gasteiger partial charge in [0.25, 0.3) is 5.91 Å². The highest BCUT2D eigenvalue weighted by Crippen LogP contribution is 2.19. The maximum absolute atomic E-state index is 12.5. The molecule has 0 saturated carbocycles. The molecule has 0 N–H and O–H groups in total. The molecular weight excluding hydrogens is 308 g/mol. The number of rotatable bonds is 4. The summed E-state index contributed by atoms with van der Waals surface area (Å²) in [6.45, 7) is 8.89. The van der Waals surface area contributed by atoms with Gasteiger partial charge in [-0.05, 0) is 26.8 Å². The van der Waals surface area contributed by atoms with E-state index in [2.05, 4.69) is 14.9 Å². The van der Waals surface area contributed by atoms with Gasteiger partial charge in [-0.3, -0.25) is 4.79 Å². The molecule has 2 aromatic heterocycles. The van der Waals surface area contributed by atoms with Crippen LogP contribution in [0, 0.1) is 13.8 Å². The largest absolute Gasteiger partial charge is 0.478 e. The van der Waals surface area contributed by atoms with Gasteiger partial charge in [0.15, 0.2) is 5.76 Å². The van der Waals surface area contributed by atoms with Crippen molar-refractivity contribution in [3.8, 4) is 5.88 Å². The Balaban J connectivity index is 1.67. The van der Waals surface area contributed by atoms with E-state index >= 15 is 0 Å². The summed E-state index contributed by atoms with van der Waals surface area (Å²) in [5.74, 6) is 1.61. The Hall–Kier alpha value is -2.57. The number of nitrogens with zero attached hydrogens (tertiary/aromatic N) is 4. The summed E-state index contributed by atoms with van der Waals surface area (Å²) >= 11 is 0. The molecule has 3 rings (SSSR count). The Kier molecular flexibility index (Phi) is 4.69. The molecule has 0 aromatic carbocycles. The van der Waals surface area contributed by atoms with Gasteiger partial charge >= 0.3 is 0 Å². The molecule has 1 fully saturated rings. The van der Waals surface area contributed by atoms with Crippen LogP contribution in [-0.2, 0) is 0 Å². The zero-order valence-corrected chi connectivity index (χ0v) is 14.3. The van der Waals surface area contributed by atoms with E-state index in [1.807, 2.05) is 31.7 Å². The van der Waals surface area contributed by atoms with E-state index in [0.717, 1.165) is 11.3 Å². The lowest BCUT2D eigenvalue weighted by Gasteiger charge is -2.34. The molecular formula is C17H22N4O3. The average molecular weight is 330 g/mol. The van der Waals surface area contributed by atoms with Crippen molar-refractivity contribution in [2.75, 3.05) is 37.7 Å². The topological polar surface area (TPSA) is 71.7 Å². The summed E-state index contributed by atoms with van der Waals surface area (Å²) in [5.41, 5.74) is 1.74. The van der Waals surface area contributed by atoms with Gasteiger partial charge < -0.3 is 19.0 Å². The molecule has 2 aromatic rings. The third-order valence-electron chi connectivity index (χ3n) is 4.02. The van der Waals surface area contributed by atoms with Crippen molar-refractivity contribution in [3.05, 3.63) is 35.4 Å². The SMILES string of the molecule is CCOc1cc(C)nc(N2CCN(C(=O)c3occc3C)CC2)n1. The lowest BCUT2D eigenvalue weighted by molar-refractivity contribution is 0.0713. The van der Waals surface area contributed by atoms with E-state index < -0.39 is 0 Å². The summed E-state index contributed by atoms with van der Waals surface area (Å²) in [6.07, 6.45) is 1.55. The van der Waals surface area contributed by atoms with Gasteiger partial charge in [0.05, 0.1) is 12.9 Å². The Morgan fingerprint density at radius 1 is 1.25 bits per heavy atom. The van der Waals surface area contributed by atoms with Crippen LogP contribution in [0.5, 0.6) is 5.88 Å². The number of piperazine rings is 1. The minimum atomic E-state index is -0.0580. The quantitative estimate of drug-likeness (QED) is 0.854. The molecule has 0 aliphatic carbocycles. The molecule has 0 radical (unpaired) electrons. The zero-order valence-electron chi connectivity index (χ0n) is 14.3. The average Bonchev–Trinajstić information content (AvgIpc) is 3.00. The summed E-state index contributed by atoms with van der Waals surface area (Å²) in [5, 5.41) is 0. The molecule has 0 atom stereocenters. The molecule has 1 aliphatic rings. The lowest BCUT2D eigenvalue weighted by Crippen LogP contribution is -2.49. The molecule has 1 saturated heterocycles. The standard InChI is InChI=1S/C17H22N4O3/c1-4-23-14-11-13(3)18-17(19-14)21-8-6-20(7-9-21)16(22)15-12(2)5-10-24-15/h5,10-11H,4,6-9H2,1-3H3. The van der Waals surface area contributed by atoms with Crippen molar-refractivity contribution in [2.45, 2.75) is 20.8 Å². The van der Waals surface area contributed by atoms with Gasteiger partial charge in [0.1, 0.15) is 0 Å². The van der Waals surface area contributed by atoms with Crippen LogP contribution < -0.4 is 9.64 Å². The fraction of sp³-hybridized carbons (Fsp3) is 0.471. The third-order valence-corrected chi connectivity index (χ3v) is 4.02. The van der Waals surface area contributed by atoms with Crippen molar-refractivity contribution in [1.82, 2.24) is 14.9 Å². The van der Waals surface area contributed by atoms with Crippen LogP contribution in [0.2, 0.25) is 0 Å².